The topological polar surface area (TPSA) is 116 Å². The smallest absolute Gasteiger partial charge is 0.413 e. The highest BCUT2D eigenvalue weighted by atomic mass is 16.6. The fraction of sp³-hybridized carbons (Fsp3) is 0.583. The Morgan fingerprint density at radius 3 is 2.70 bits per heavy atom. The van der Waals surface area contributed by atoms with Crippen LogP contribution >= 0.6 is 0 Å². The molecule has 0 saturated heterocycles. The molecule has 1 aromatic heterocycles. The van der Waals surface area contributed by atoms with E-state index in [0.29, 0.717) is 11.4 Å². The lowest BCUT2D eigenvalue weighted by Crippen LogP contribution is -2.33. The number of aromatic nitrogens is 2. The van der Waals surface area contributed by atoms with Gasteiger partial charge in [0.25, 0.3) is 0 Å². The SMILES string of the molecule is CC(NCc1cn[nH]c1NC(=O)OC(C)(C)C)C(=O)O. The maximum Gasteiger partial charge on any atom is 0.413 e. The van der Waals surface area contributed by atoms with Crippen molar-refractivity contribution in [3.63, 3.8) is 0 Å². The summed E-state index contributed by atoms with van der Waals surface area (Å²) in [4.78, 5) is 22.3. The van der Waals surface area contributed by atoms with Crippen LogP contribution in [0.2, 0.25) is 0 Å². The van der Waals surface area contributed by atoms with E-state index in [2.05, 4.69) is 20.8 Å². The van der Waals surface area contributed by atoms with Crippen LogP contribution in [-0.2, 0) is 16.1 Å². The van der Waals surface area contributed by atoms with Crippen LogP contribution in [0.1, 0.15) is 33.3 Å². The molecular weight excluding hydrogens is 264 g/mol. The summed E-state index contributed by atoms with van der Waals surface area (Å²) in [5.74, 6) is -0.570. The Kier molecular flexibility index (Phi) is 5.09. The normalized spacial score (nSPS) is 12.8. The molecule has 0 saturated carbocycles. The van der Waals surface area contributed by atoms with E-state index in [9.17, 15) is 9.59 Å². The van der Waals surface area contributed by atoms with Gasteiger partial charge in [-0.2, -0.15) is 5.10 Å². The summed E-state index contributed by atoms with van der Waals surface area (Å²) >= 11 is 0. The number of carboxylic acid groups (broad SMARTS) is 1. The molecule has 1 rings (SSSR count). The number of H-pyrrole nitrogens is 1. The Morgan fingerprint density at radius 2 is 2.15 bits per heavy atom. The van der Waals surface area contributed by atoms with Crippen molar-refractivity contribution in [2.45, 2.75) is 45.9 Å². The van der Waals surface area contributed by atoms with Gasteiger partial charge in [0.1, 0.15) is 17.5 Å². The van der Waals surface area contributed by atoms with E-state index in [0.717, 1.165) is 0 Å². The molecule has 0 aromatic carbocycles. The number of aliphatic carboxylic acids is 1. The second-order valence-corrected chi connectivity index (χ2v) is 5.34. The zero-order valence-corrected chi connectivity index (χ0v) is 12.0. The Bertz CT molecular complexity index is 478. The second-order valence-electron chi connectivity index (χ2n) is 5.34. The summed E-state index contributed by atoms with van der Waals surface area (Å²) in [5.41, 5.74) is 0.0457. The van der Waals surface area contributed by atoms with Crippen molar-refractivity contribution in [2.75, 3.05) is 5.32 Å². The minimum absolute atomic E-state index is 0.259. The minimum Gasteiger partial charge on any atom is -0.480 e. The quantitative estimate of drug-likeness (QED) is 0.648. The van der Waals surface area contributed by atoms with Gasteiger partial charge in [-0.3, -0.25) is 15.2 Å². The van der Waals surface area contributed by atoms with Crippen molar-refractivity contribution < 1.29 is 19.4 Å². The van der Waals surface area contributed by atoms with Gasteiger partial charge >= 0.3 is 12.1 Å². The van der Waals surface area contributed by atoms with Crippen LogP contribution in [0.4, 0.5) is 10.6 Å². The molecule has 8 heteroatoms. The van der Waals surface area contributed by atoms with E-state index >= 15 is 0 Å². The number of ether oxygens (including phenoxy) is 1. The molecule has 1 heterocycles. The van der Waals surface area contributed by atoms with Crippen LogP contribution in [0.3, 0.4) is 0 Å². The van der Waals surface area contributed by atoms with Crippen LogP contribution in [-0.4, -0.2) is 39.0 Å². The lowest BCUT2D eigenvalue weighted by molar-refractivity contribution is -0.139. The first-order valence-corrected chi connectivity index (χ1v) is 6.17. The van der Waals surface area contributed by atoms with E-state index in [1.807, 2.05) is 0 Å². The van der Waals surface area contributed by atoms with Crippen molar-refractivity contribution in [2.24, 2.45) is 0 Å². The van der Waals surface area contributed by atoms with Crippen molar-refractivity contribution in [3.05, 3.63) is 11.8 Å². The molecule has 1 aromatic rings. The van der Waals surface area contributed by atoms with Crippen molar-refractivity contribution >= 4 is 17.9 Å². The lowest BCUT2D eigenvalue weighted by atomic mass is 10.2. The molecule has 1 atom stereocenters. The highest BCUT2D eigenvalue weighted by Gasteiger charge is 2.18. The molecule has 0 fully saturated rings. The van der Waals surface area contributed by atoms with Gasteiger partial charge in [-0.25, -0.2) is 4.79 Å². The zero-order valence-electron chi connectivity index (χ0n) is 12.0. The first kappa shape index (κ1) is 16.0. The number of aromatic amines is 1. The van der Waals surface area contributed by atoms with Gasteiger partial charge in [-0.15, -0.1) is 0 Å². The molecule has 0 aliphatic carbocycles. The maximum atomic E-state index is 11.6. The number of carbonyl (C=O) groups is 2. The number of carboxylic acids is 1. The Hall–Kier alpha value is -2.09. The zero-order chi connectivity index (χ0) is 15.3. The van der Waals surface area contributed by atoms with E-state index < -0.39 is 23.7 Å². The Morgan fingerprint density at radius 1 is 1.50 bits per heavy atom. The minimum atomic E-state index is -0.949. The molecular formula is C12H20N4O4. The predicted octanol–water partition coefficient (Wildman–Crippen LogP) is 1.32. The van der Waals surface area contributed by atoms with Gasteiger partial charge in [0.2, 0.25) is 0 Å². The standard InChI is InChI=1S/C12H20N4O4/c1-7(10(17)18)13-5-8-6-14-16-9(8)15-11(19)20-12(2,3)4/h6-7,13H,5H2,1-4H3,(H,17,18)(H2,14,15,16,19). The van der Waals surface area contributed by atoms with E-state index in [1.54, 1.807) is 20.8 Å². The maximum absolute atomic E-state index is 11.6. The average Bonchev–Trinajstić information content (AvgIpc) is 2.70. The molecule has 0 radical (unpaired) electrons. The third kappa shape index (κ3) is 5.27. The molecule has 4 N–H and O–H groups in total. The Balaban J connectivity index is 2.58. The summed E-state index contributed by atoms with van der Waals surface area (Å²) in [5, 5.41) is 20.5. The van der Waals surface area contributed by atoms with Gasteiger partial charge < -0.3 is 15.2 Å². The van der Waals surface area contributed by atoms with E-state index in [-0.39, 0.29) is 6.54 Å². The summed E-state index contributed by atoms with van der Waals surface area (Å²) in [6.45, 7) is 7.07. The fourth-order valence-electron chi connectivity index (χ4n) is 1.31. The first-order valence-electron chi connectivity index (χ1n) is 6.17. The molecule has 20 heavy (non-hydrogen) atoms. The Labute approximate surface area is 116 Å². The number of hydrogen-bond acceptors (Lipinski definition) is 5. The number of anilines is 1. The number of carbonyl (C=O) groups excluding carboxylic acids is 1. The second kappa shape index (κ2) is 6.38. The van der Waals surface area contributed by atoms with Crippen LogP contribution in [0.25, 0.3) is 0 Å². The van der Waals surface area contributed by atoms with Crippen molar-refractivity contribution in [3.8, 4) is 0 Å². The number of hydrogen-bond donors (Lipinski definition) is 4. The molecule has 1 amide bonds. The van der Waals surface area contributed by atoms with Crippen molar-refractivity contribution in [1.29, 1.82) is 0 Å². The lowest BCUT2D eigenvalue weighted by Gasteiger charge is -2.19. The molecule has 1 unspecified atom stereocenters. The van der Waals surface area contributed by atoms with E-state index in [4.69, 9.17) is 9.84 Å². The highest BCUT2D eigenvalue weighted by Crippen LogP contribution is 2.13. The predicted molar refractivity (Wildman–Crippen MR) is 72.4 cm³/mol. The van der Waals surface area contributed by atoms with Crippen LogP contribution in [0.5, 0.6) is 0 Å². The van der Waals surface area contributed by atoms with Gasteiger partial charge in [0.05, 0.1) is 6.20 Å². The molecule has 0 aliphatic rings. The summed E-state index contributed by atoms with van der Waals surface area (Å²) in [7, 11) is 0. The molecule has 0 bridgehead atoms. The van der Waals surface area contributed by atoms with E-state index in [1.165, 1.54) is 13.1 Å². The van der Waals surface area contributed by atoms with Gasteiger partial charge in [0, 0.05) is 12.1 Å². The van der Waals surface area contributed by atoms with Crippen molar-refractivity contribution in [1.82, 2.24) is 15.5 Å². The average molecular weight is 284 g/mol. The third-order valence-electron chi connectivity index (χ3n) is 2.31. The molecule has 0 spiro atoms. The van der Waals surface area contributed by atoms with Gasteiger partial charge in [-0.1, -0.05) is 0 Å². The molecule has 8 nitrogen and oxygen atoms in total. The summed E-state index contributed by atoms with van der Waals surface area (Å²) in [6.07, 6.45) is 0.906. The first-order chi connectivity index (χ1) is 9.19. The monoisotopic (exact) mass is 284 g/mol. The number of nitrogens with one attached hydrogen (secondary N) is 3. The third-order valence-corrected chi connectivity index (χ3v) is 2.31. The molecule has 112 valence electrons. The molecule has 0 aliphatic heterocycles. The van der Waals surface area contributed by atoms with Crippen LogP contribution in [0, 0.1) is 0 Å². The number of rotatable bonds is 5. The summed E-state index contributed by atoms with van der Waals surface area (Å²) < 4.78 is 5.12. The van der Waals surface area contributed by atoms with Gasteiger partial charge in [-0.05, 0) is 27.7 Å². The van der Waals surface area contributed by atoms with Crippen LogP contribution in [0.15, 0.2) is 6.20 Å². The van der Waals surface area contributed by atoms with Gasteiger partial charge in [0.15, 0.2) is 0 Å². The number of amides is 1. The largest absolute Gasteiger partial charge is 0.480 e. The van der Waals surface area contributed by atoms with Crippen LogP contribution < -0.4 is 10.6 Å². The fourth-order valence-corrected chi connectivity index (χ4v) is 1.31. The number of nitrogens with zero attached hydrogens (tertiary/aromatic N) is 1. The highest BCUT2D eigenvalue weighted by molar-refractivity contribution is 5.84. The summed E-state index contributed by atoms with van der Waals surface area (Å²) in [6, 6.07) is -0.695.